The zero-order chi connectivity index (χ0) is 19.2. The Morgan fingerprint density at radius 1 is 1.26 bits per heavy atom. The number of hydrogen-bond donors (Lipinski definition) is 3. The van der Waals surface area contributed by atoms with Crippen molar-refractivity contribution in [3.8, 4) is 0 Å². The number of carbonyl (C=O) groups is 2. The molecule has 8 nitrogen and oxygen atoms in total. The van der Waals surface area contributed by atoms with Crippen molar-refractivity contribution < 1.29 is 14.7 Å². The number of aryl methyl sites for hydroxylation is 1. The highest BCUT2D eigenvalue weighted by Gasteiger charge is 2.19. The van der Waals surface area contributed by atoms with Gasteiger partial charge in [0, 0.05) is 6.07 Å². The predicted octanol–water partition coefficient (Wildman–Crippen LogP) is 1.56. The number of thioether (sulfide) groups is 1. The molecule has 0 bridgehead atoms. The van der Waals surface area contributed by atoms with Crippen LogP contribution >= 0.6 is 11.8 Å². The van der Waals surface area contributed by atoms with Crippen LogP contribution in [0.25, 0.3) is 5.65 Å². The normalized spacial score (nSPS) is 10.8. The summed E-state index contributed by atoms with van der Waals surface area (Å²) in [5.41, 5.74) is 0.769. The van der Waals surface area contributed by atoms with Crippen molar-refractivity contribution in [1.29, 1.82) is 0 Å². The number of fused-ring (bicyclic) bond motifs is 1. The van der Waals surface area contributed by atoms with E-state index in [1.807, 2.05) is 18.2 Å². The van der Waals surface area contributed by atoms with Crippen molar-refractivity contribution in [3.05, 3.63) is 64.1 Å². The number of aliphatic carboxylic acids is 1. The van der Waals surface area contributed by atoms with Crippen LogP contribution < -0.4 is 10.7 Å². The van der Waals surface area contributed by atoms with Crippen LogP contribution in [0.3, 0.4) is 0 Å². The van der Waals surface area contributed by atoms with Gasteiger partial charge in [0.2, 0.25) is 0 Å². The van der Waals surface area contributed by atoms with Crippen molar-refractivity contribution in [2.45, 2.75) is 17.9 Å². The van der Waals surface area contributed by atoms with Crippen LogP contribution in [0.4, 0.5) is 0 Å². The first kappa shape index (κ1) is 18.7. The van der Waals surface area contributed by atoms with Crippen LogP contribution in [0.1, 0.15) is 22.3 Å². The average Bonchev–Trinajstić information content (AvgIpc) is 3.13. The number of H-pyrrole nitrogens is 1. The van der Waals surface area contributed by atoms with Gasteiger partial charge in [-0.3, -0.25) is 19.5 Å². The Morgan fingerprint density at radius 2 is 2.04 bits per heavy atom. The second-order valence-corrected chi connectivity index (χ2v) is 6.90. The molecule has 140 valence electrons. The van der Waals surface area contributed by atoms with Crippen LogP contribution in [0.2, 0.25) is 0 Å². The zero-order valence-electron chi connectivity index (χ0n) is 14.3. The molecule has 27 heavy (non-hydrogen) atoms. The van der Waals surface area contributed by atoms with E-state index >= 15 is 0 Å². The van der Waals surface area contributed by atoms with Gasteiger partial charge in [0.05, 0.1) is 0 Å². The molecule has 0 unspecified atom stereocenters. The Balaban J connectivity index is 1.73. The molecule has 3 rings (SSSR count). The maximum absolute atomic E-state index is 12.4. The fraction of sp³-hybridized carbons (Fsp3) is 0.222. The van der Waals surface area contributed by atoms with E-state index in [0.717, 1.165) is 18.6 Å². The first-order valence-electron chi connectivity index (χ1n) is 8.32. The van der Waals surface area contributed by atoms with Crippen LogP contribution in [0.15, 0.2) is 52.5 Å². The molecule has 3 N–H and O–H groups in total. The highest BCUT2D eigenvalue weighted by molar-refractivity contribution is 7.99. The number of carbonyl (C=O) groups excluding carboxylic acids is 1. The molecule has 1 aromatic carbocycles. The summed E-state index contributed by atoms with van der Waals surface area (Å²) < 4.78 is 1.56. The maximum Gasteiger partial charge on any atom is 0.322 e. The molecule has 0 saturated heterocycles. The first-order chi connectivity index (χ1) is 13.1. The Hall–Kier alpha value is -3.07. The van der Waals surface area contributed by atoms with E-state index in [0.29, 0.717) is 5.03 Å². The van der Waals surface area contributed by atoms with E-state index in [2.05, 4.69) is 27.5 Å². The van der Waals surface area contributed by atoms with E-state index in [-0.39, 0.29) is 11.2 Å². The van der Waals surface area contributed by atoms with Crippen LogP contribution in [0.5, 0.6) is 0 Å². The summed E-state index contributed by atoms with van der Waals surface area (Å²) in [5.74, 6) is -1.15. The molecule has 0 spiro atoms. The van der Waals surface area contributed by atoms with E-state index < -0.39 is 23.9 Å². The number of amides is 1. The molecule has 9 heteroatoms. The molecule has 1 amide bonds. The van der Waals surface area contributed by atoms with E-state index in [4.69, 9.17) is 5.11 Å². The standard InChI is InChI=1S/C18H18N4O4S/c23-13-9-14(27-8-4-7-12-5-2-1-3-6-12)22-17(20-11-21-22)16(13)18(26)19-10-15(24)25/h1-3,5-6,9,11H,4,7-8,10H2,(H,19,26)(H,20,21)(H,24,25). The minimum absolute atomic E-state index is 0.175. The predicted molar refractivity (Wildman–Crippen MR) is 101 cm³/mol. The molecule has 0 radical (unpaired) electrons. The molecule has 0 fully saturated rings. The summed E-state index contributed by atoms with van der Waals surface area (Å²) in [5, 5.41) is 14.4. The van der Waals surface area contributed by atoms with Crippen molar-refractivity contribution in [2.24, 2.45) is 0 Å². The minimum Gasteiger partial charge on any atom is -0.480 e. The topological polar surface area (TPSA) is 117 Å². The van der Waals surface area contributed by atoms with E-state index in [9.17, 15) is 14.4 Å². The lowest BCUT2D eigenvalue weighted by atomic mass is 10.1. The lowest BCUT2D eigenvalue weighted by Crippen LogP contribution is -2.33. The van der Waals surface area contributed by atoms with Crippen LogP contribution in [-0.2, 0) is 11.2 Å². The summed E-state index contributed by atoms with van der Waals surface area (Å²) in [6, 6.07) is 11.5. The third-order valence-corrected chi connectivity index (χ3v) is 4.95. The van der Waals surface area contributed by atoms with Gasteiger partial charge >= 0.3 is 5.97 Å². The maximum atomic E-state index is 12.4. The van der Waals surface area contributed by atoms with Gasteiger partial charge in [0.1, 0.15) is 23.5 Å². The number of aromatic amines is 1. The van der Waals surface area contributed by atoms with Gasteiger partial charge in [0.25, 0.3) is 5.91 Å². The Labute approximate surface area is 158 Å². The monoisotopic (exact) mass is 386 g/mol. The molecule has 2 heterocycles. The van der Waals surface area contributed by atoms with Gasteiger partial charge in [-0.25, -0.2) is 9.50 Å². The van der Waals surface area contributed by atoms with Gasteiger partial charge < -0.3 is 10.4 Å². The van der Waals surface area contributed by atoms with E-state index in [1.54, 1.807) is 4.52 Å². The summed E-state index contributed by atoms with van der Waals surface area (Å²) in [7, 11) is 0. The number of hydrogen-bond acceptors (Lipinski definition) is 5. The van der Waals surface area contributed by atoms with Crippen LogP contribution in [0, 0.1) is 0 Å². The smallest absolute Gasteiger partial charge is 0.322 e. The molecule has 3 aromatic rings. The molecule has 0 saturated carbocycles. The molecule has 0 aliphatic heterocycles. The Bertz CT molecular complexity index is 1010. The number of nitrogens with one attached hydrogen (secondary N) is 2. The number of aromatic nitrogens is 3. The van der Waals surface area contributed by atoms with Crippen molar-refractivity contribution in [3.63, 3.8) is 0 Å². The van der Waals surface area contributed by atoms with Gasteiger partial charge in [-0.2, -0.15) is 0 Å². The van der Waals surface area contributed by atoms with Gasteiger partial charge in [0.15, 0.2) is 11.1 Å². The Kier molecular flexibility index (Phi) is 5.92. The zero-order valence-corrected chi connectivity index (χ0v) is 15.2. The molecule has 2 aromatic heterocycles. The van der Waals surface area contributed by atoms with Crippen LogP contribution in [-0.4, -0.2) is 43.9 Å². The number of nitrogens with zero attached hydrogens (tertiary/aromatic N) is 2. The quantitative estimate of drug-likeness (QED) is 0.400. The first-order valence-corrected chi connectivity index (χ1v) is 9.30. The van der Waals surface area contributed by atoms with Crippen molar-refractivity contribution >= 4 is 29.3 Å². The minimum atomic E-state index is -1.19. The van der Waals surface area contributed by atoms with Gasteiger partial charge in [-0.15, -0.1) is 11.8 Å². The summed E-state index contributed by atoms with van der Waals surface area (Å²) in [6.07, 6.45) is 3.25. The lowest BCUT2D eigenvalue weighted by molar-refractivity contribution is -0.135. The third-order valence-electron chi connectivity index (χ3n) is 3.86. The highest BCUT2D eigenvalue weighted by Crippen LogP contribution is 2.20. The van der Waals surface area contributed by atoms with Crippen molar-refractivity contribution in [2.75, 3.05) is 12.3 Å². The van der Waals surface area contributed by atoms with Gasteiger partial charge in [-0.05, 0) is 24.2 Å². The lowest BCUT2D eigenvalue weighted by Gasteiger charge is -2.08. The summed E-state index contributed by atoms with van der Waals surface area (Å²) >= 11 is 1.49. The second kappa shape index (κ2) is 8.54. The number of benzene rings is 1. The van der Waals surface area contributed by atoms with Gasteiger partial charge in [-0.1, -0.05) is 30.3 Å². The average molecular weight is 386 g/mol. The number of carboxylic acids is 1. The molecule has 0 aliphatic carbocycles. The SMILES string of the molecule is O=C(O)CNC(=O)c1c(=O)cc(SCCCc2ccccc2)n2[nH]cnc12. The molecular formula is C18H18N4O4S. The fourth-order valence-electron chi connectivity index (χ4n) is 2.63. The Morgan fingerprint density at radius 3 is 2.78 bits per heavy atom. The molecular weight excluding hydrogens is 368 g/mol. The largest absolute Gasteiger partial charge is 0.480 e. The summed E-state index contributed by atoms with van der Waals surface area (Å²) in [4.78, 5) is 39.2. The second-order valence-electron chi connectivity index (χ2n) is 5.78. The molecule has 0 aliphatic rings. The van der Waals surface area contributed by atoms with Crippen molar-refractivity contribution in [1.82, 2.24) is 19.9 Å². The number of pyridine rings is 1. The number of rotatable bonds is 8. The summed E-state index contributed by atoms with van der Waals surface area (Å²) in [6.45, 7) is -0.565. The highest BCUT2D eigenvalue weighted by atomic mass is 32.2. The number of carboxylic acid groups (broad SMARTS) is 1. The third kappa shape index (κ3) is 4.56. The molecule has 0 atom stereocenters. The van der Waals surface area contributed by atoms with E-state index in [1.165, 1.54) is 29.7 Å². The fourth-order valence-corrected chi connectivity index (χ4v) is 3.59.